The van der Waals surface area contributed by atoms with Gasteiger partial charge in [-0.25, -0.2) is 0 Å². The van der Waals surface area contributed by atoms with Crippen molar-refractivity contribution in [1.82, 2.24) is 4.90 Å². The molecule has 0 aromatic heterocycles. The van der Waals surface area contributed by atoms with Gasteiger partial charge in [0.2, 0.25) is 0 Å². The van der Waals surface area contributed by atoms with E-state index in [0.717, 1.165) is 26.3 Å². The van der Waals surface area contributed by atoms with E-state index in [1.807, 2.05) is 6.92 Å². The molecule has 76 valence electrons. The van der Waals surface area contributed by atoms with Crippen molar-refractivity contribution >= 4 is 0 Å². The molecule has 0 saturated heterocycles. The Bertz CT molecular complexity index is 153. The van der Waals surface area contributed by atoms with Crippen LogP contribution in [0.5, 0.6) is 0 Å². The smallest absolute Gasteiger partial charge is 0.0638 e. The first-order valence-electron chi connectivity index (χ1n) is 4.94. The molecule has 0 aliphatic heterocycles. The van der Waals surface area contributed by atoms with E-state index in [-0.39, 0.29) is 0 Å². The summed E-state index contributed by atoms with van der Waals surface area (Å²) in [7, 11) is 0. The topological polar surface area (TPSA) is 36.3 Å². The van der Waals surface area contributed by atoms with Gasteiger partial charge in [-0.05, 0) is 20.4 Å². The van der Waals surface area contributed by atoms with Crippen LogP contribution < -0.4 is 0 Å². The Balaban J connectivity index is 3.68. The second-order valence-electron chi connectivity index (χ2n) is 3.04. The molecule has 0 spiro atoms. The molecule has 0 aromatic rings. The highest BCUT2D eigenvalue weighted by Gasteiger charge is 2.10. The van der Waals surface area contributed by atoms with Crippen molar-refractivity contribution in [3.05, 3.63) is 0 Å². The zero-order valence-electron chi connectivity index (χ0n) is 8.92. The molecule has 0 fully saturated rings. The van der Waals surface area contributed by atoms with E-state index in [2.05, 4.69) is 24.8 Å². The second kappa shape index (κ2) is 8.03. The highest BCUT2D eigenvalue weighted by molar-refractivity contribution is 4.79. The first-order chi connectivity index (χ1) is 6.26. The summed E-state index contributed by atoms with van der Waals surface area (Å²) in [6, 6.07) is 2.53. The number of ether oxygens (including phenoxy) is 1. The van der Waals surface area contributed by atoms with E-state index < -0.39 is 0 Å². The second-order valence-corrected chi connectivity index (χ2v) is 3.04. The third kappa shape index (κ3) is 5.62. The molecule has 0 heterocycles. The molecule has 0 radical (unpaired) electrons. The van der Waals surface area contributed by atoms with E-state index >= 15 is 0 Å². The molecular weight excluding hydrogens is 164 g/mol. The number of hydrogen-bond donors (Lipinski definition) is 0. The summed E-state index contributed by atoms with van der Waals surface area (Å²) in [6.45, 7) is 9.63. The van der Waals surface area contributed by atoms with Gasteiger partial charge in [0.25, 0.3) is 0 Å². The fourth-order valence-corrected chi connectivity index (χ4v) is 1.28. The summed E-state index contributed by atoms with van der Waals surface area (Å²) in [4.78, 5) is 2.26. The monoisotopic (exact) mass is 184 g/mol. The van der Waals surface area contributed by atoms with Crippen molar-refractivity contribution < 1.29 is 4.74 Å². The van der Waals surface area contributed by atoms with Gasteiger partial charge in [0, 0.05) is 19.2 Å². The number of hydrogen-bond acceptors (Lipinski definition) is 3. The maximum Gasteiger partial charge on any atom is 0.0638 e. The fraction of sp³-hybridized carbons (Fsp3) is 0.900. The Morgan fingerprint density at radius 3 is 2.62 bits per heavy atom. The van der Waals surface area contributed by atoms with Gasteiger partial charge >= 0.3 is 0 Å². The highest BCUT2D eigenvalue weighted by Crippen LogP contribution is 2.01. The van der Waals surface area contributed by atoms with Crippen molar-refractivity contribution in [3.8, 4) is 6.07 Å². The molecule has 0 aliphatic carbocycles. The normalized spacial score (nSPS) is 12.8. The van der Waals surface area contributed by atoms with Crippen LogP contribution in [0.1, 0.15) is 27.2 Å². The van der Waals surface area contributed by atoms with Crippen molar-refractivity contribution in [1.29, 1.82) is 5.26 Å². The Morgan fingerprint density at radius 2 is 2.15 bits per heavy atom. The van der Waals surface area contributed by atoms with E-state index in [4.69, 9.17) is 10.00 Å². The summed E-state index contributed by atoms with van der Waals surface area (Å²) < 4.78 is 5.27. The Hall–Kier alpha value is -0.590. The van der Waals surface area contributed by atoms with Gasteiger partial charge in [-0.3, -0.25) is 4.90 Å². The zero-order valence-corrected chi connectivity index (χ0v) is 8.92. The third-order valence-corrected chi connectivity index (χ3v) is 2.14. The van der Waals surface area contributed by atoms with Crippen LogP contribution in [0.3, 0.4) is 0 Å². The molecular formula is C10H20N2O. The highest BCUT2D eigenvalue weighted by atomic mass is 16.5. The molecule has 1 atom stereocenters. The van der Waals surface area contributed by atoms with E-state index in [0.29, 0.717) is 12.5 Å². The average Bonchev–Trinajstić information content (AvgIpc) is 2.13. The minimum atomic E-state index is 0.343. The number of likely N-dealkylation sites (N-methyl/N-ethyl adjacent to an activating group) is 1. The van der Waals surface area contributed by atoms with Gasteiger partial charge in [0.15, 0.2) is 0 Å². The lowest BCUT2D eigenvalue weighted by molar-refractivity contribution is 0.101. The van der Waals surface area contributed by atoms with Crippen molar-refractivity contribution in [3.63, 3.8) is 0 Å². The minimum absolute atomic E-state index is 0.343. The van der Waals surface area contributed by atoms with Gasteiger partial charge in [0.05, 0.1) is 19.1 Å². The molecule has 0 bridgehead atoms. The summed E-state index contributed by atoms with van der Waals surface area (Å²) in [6.07, 6.45) is 0.597. The molecule has 3 nitrogen and oxygen atoms in total. The predicted molar refractivity (Wildman–Crippen MR) is 53.4 cm³/mol. The van der Waals surface area contributed by atoms with Crippen LogP contribution in [0.2, 0.25) is 0 Å². The number of nitrogens with zero attached hydrogens (tertiary/aromatic N) is 2. The molecule has 0 rings (SSSR count). The van der Waals surface area contributed by atoms with Crippen LogP contribution in [0, 0.1) is 11.3 Å². The lowest BCUT2D eigenvalue weighted by Crippen LogP contribution is -2.35. The van der Waals surface area contributed by atoms with Crippen molar-refractivity contribution in [2.45, 2.75) is 33.2 Å². The first-order valence-corrected chi connectivity index (χ1v) is 4.94. The summed E-state index contributed by atoms with van der Waals surface area (Å²) >= 11 is 0. The SMILES string of the molecule is CCOCCN(CC)C(C)CC#N. The van der Waals surface area contributed by atoms with E-state index in [1.54, 1.807) is 0 Å². The molecule has 0 N–H and O–H groups in total. The molecule has 13 heavy (non-hydrogen) atoms. The molecule has 0 saturated carbocycles. The van der Waals surface area contributed by atoms with Crippen molar-refractivity contribution in [2.75, 3.05) is 26.3 Å². The van der Waals surface area contributed by atoms with Gasteiger partial charge in [-0.1, -0.05) is 6.92 Å². The van der Waals surface area contributed by atoms with Crippen LogP contribution >= 0.6 is 0 Å². The standard InChI is InChI=1S/C10H20N2O/c1-4-12(8-9-13-5-2)10(3)6-7-11/h10H,4-6,8-9H2,1-3H3. The lowest BCUT2D eigenvalue weighted by atomic mass is 10.2. The average molecular weight is 184 g/mol. The van der Waals surface area contributed by atoms with E-state index in [9.17, 15) is 0 Å². The molecule has 3 heteroatoms. The van der Waals surface area contributed by atoms with Crippen LogP contribution in [0.25, 0.3) is 0 Å². The lowest BCUT2D eigenvalue weighted by Gasteiger charge is -2.25. The summed E-state index contributed by atoms with van der Waals surface area (Å²) in [5.41, 5.74) is 0. The maximum atomic E-state index is 8.54. The van der Waals surface area contributed by atoms with Crippen LogP contribution in [-0.4, -0.2) is 37.2 Å². The van der Waals surface area contributed by atoms with E-state index in [1.165, 1.54) is 0 Å². The third-order valence-electron chi connectivity index (χ3n) is 2.14. The van der Waals surface area contributed by atoms with Crippen LogP contribution in [0.4, 0.5) is 0 Å². The van der Waals surface area contributed by atoms with Gasteiger partial charge in [-0.2, -0.15) is 5.26 Å². The summed E-state index contributed by atoms with van der Waals surface area (Å²) in [5.74, 6) is 0. The van der Waals surface area contributed by atoms with Crippen LogP contribution in [-0.2, 0) is 4.74 Å². The quantitative estimate of drug-likeness (QED) is 0.564. The van der Waals surface area contributed by atoms with Gasteiger partial charge in [-0.15, -0.1) is 0 Å². The Labute approximate surface area is 81.3 Å². The predicted octanol–water partition coefficient (Wildman–Crippen LogP) is 1.65. The maximum absolute atomic E-state index is 8.54. The minimum Gasteiger partial charge on any atom is -0.380 e. The van der Waals surface area contributed by atoms with Crippen LogP contribution in [0.15, 0.2) is 0 Å². The van der Waals surface area contributed by atoms with Gasteiger partial charge < -0.3 is 4.74 Å². The first kappa shape index (κ1) is 12.4. The number of rotatable bonds is 7. The summed E-state index contributed by atoms with van der Waals surface area (Å²) in [5, 5.41) is 8.54. The zero-order chi connectivity index (χ0) is 10.1. The van der Waals surface area contributed by atoms with Gasteiger partial charge in [0.1, 0.15) is 0 Å². The fourth-order valence-electron chi connectivity index (χ4n) is 1.28. The molecule has 1 unspecified atom stereocenters. The molecule has 0 amide bonds. The van der Waals surface area contributed by atoms with Crippen molar-refractivity contribution in [2.24, 2.45) is 0 Å². The molecule has 0 aromatic carbocycles. The molecule has 0 aliphatic rings. The largest absolute Gasteiger partial charge is 0.380 e. The number of nitriles is 1. The Kier molecular flexibility index (Phi) is 7.66. The Morgan fingerprint density at radius 1 is 1.46 bits per heavy atom.